The number of amides is 2. The van der Waals surface area contributed by atoms with E-state index >= 15 is 0 Å². The van der Waals surface area contributed by atoms with Crippen molar-refractivity contribution in [1.82, 2.24) is 10.6 Å². The monoisotopic (exact) mass is 313 g/mol. The van der Waals surface area contributed by atoms with Gasteiger partial charge in [0.05, 0.1) is 6.54 Å². The average Bonchev–Trinajstić information content (AvgIpc) is 2.36. The van der Waals surface area contributed by atoms with Gasteiger partial charge in [-0.2, -0.15) is 0 Å². The van der Waals surface area contributed by atoms with Gasteiger partial charge in [0.1, 0.15) is 5.60 Å². The van der Waals surface area contributed by atoms with Crippen LogP contribution in [0.5, 0.6) is 0 Å². The number of nitrogens with two attached hydrogens (primary N) is 1. The molecule has 1 fully saturated rings. The van der Waals surface area contributed by atoms with E-state index in [-0.39, 0.29) is 12.6 Å². The molecule has 1 unspecified atom stereocenters. The maximum Gasteiger partial charge on any atom is 0.407 e. The molecule has 0 spiro atoms. The highest BCUT2D eigenvalue weighted by Gasteiger charge is 2.23. The summed E-state index contributed by atoms with van der Waals surface area (Å²) < 4.78 is 5.32. The number of hydrogen-bond acceptors (Lipinski definition) is 4. The molecule has 0 heterocycles. The number of rotatable bonds is 7. The lowest BCUT2D eigenvalue weighted by atomic mass is 9.85. The van der Waals surface area contributed by atoms with Crippen LogP contribution in [0.3, 0.4) is 0 Å². The first kappa shape index (κ1) is 18.7. The Morgan fingerprint density at radius 2 is 1.86 bits per heavy atom. The lowest BCUT2D eigenvalue weighted by Crippen LogP contribution is -2.46. The van der Waals surface area contributed by atoms with Gasteiger partial charge in [-0.05, 0) is 33.1 Å². The van der Waals surface area contributed by atoms with E-state index in [4.69, 9.17) is 10.5 Å². The van der Waals surface area contributed by atoms with Gasteiger partial charge in [-0.25, -0.2) is 4.79 Å². The van der Waals surface area contributed by atoms with Crippen molar-refractivity contribution < 1.29 is 14.3 Å². The molecule has 6 heteroatoms. The highest BCUT2D eigenvalue weighted by atomic mass is 16.6. The van der Waals surface area contributed by atoms with Gasteiger partial charge in [-0.1, -0.05) is 32.1 Å². The van der Waals surface area contributed by atoms with Crippen LogP contribution in [0.4, 0.5) is 4.79 Å². The molecule has 1 aliphatic rings. The Kier molecular flexibility index (Phi) is 7.65. The summed E-state index contributed by atoms with van der Waals surface area (Å²) in [6.45, 7) is 6.17. The van der Waals surface area contributed by atoms with Crippen LogP contribution >= 0.6 is 0 Å². The van der Waals surface area contributed by atoms with Crippen molar-refractivity contribution in [2.45, 2.75) is 70.9 Å². The maximum atomic E-state index is 12.0. The third kappa shape index (κ3) is 8.87. The molecule has 4 N–H and O–H groups in total. The summed E-state index contributed by atoms with van der Waals surface area (Å²) in [6, 6.07) is -0.0442. The molecule has 22 heavy (non-hydrogen) atoms. The topological polar surface area (TPSA) is 93.4 Å². The summed E-state index contributed by atoms with van der Waals surface area (Å²) in [5, 5.41) is 5.92. The molecule has 1 saturated carbocycles. The molecule has 1 rings (SSSR count). The van der Waals surface area contributed by atoms with Gasteiger partial charge in [0.15, 0.2) is 0 Å². The summed E-state index contributed by atoms with van der Waals surface area (Å²) in [7, 11) is 0. The minimum absolute atomic E-state index is 0.0442. The van der Waals surface area contributed by atoms with E-state index in [9.17, 15) is 9.59 Å². The Balaban J connectivity index is 2.48. The van der Waals surface area contributed by atoms with Crippen molar-refractivity contribution in [3.05, 3.63) is 0 Å². The number of nitrogens with one attached hydrogen (secondary N) is 2. The zero-order valence-electron chi connectivity index (χ0n) is 14.1. The van der Waals surface area contributed by atoms with Gasteiger partial charge < -0.3 is 21.1 Å². The van der Waals surface area contributed by atoms with Crippen LogP contribution in [0.2, 0.25) is 0 Å². The number of alkyl carbamates (subject to hydrolysis) is 1. The molecular weight excluding hydrogens is 282 g/mol. The van der Waals surface area contributed by atoms with E-state index in [0.717, 1.165) is 6.42 Å². The molecule has 6 nitrogen and oxygen atoms in total. The molecule has 2 amide bonds. The minimum Gasteiger partial charge on any atom is -0.444 e. The van der Waals surface area contributed by atoms with Gasteiger partial charge in [0.25, 0.3) is 0 Å². The smallest absolute Gasteiger partial charge is 0.407 e. The number of primary amides is 1. The molecule has 0 aromatic rings. The number of carbonyl (C=O) groups is 2. The maximum absolute atomic E-state index is 12.0. The Morgan fingerprint density at radius 1 is 1.23 bits per heavy atom. The standard InChI is InChI=1S/C16H31N3O3/c1-16(2,3)22-15(21)19-13(10-18-11-14(17)20)9-12-7-5-4-6-8-12/h12-13,18H,4-11H2,1-3H3,(H2,17,20)(H,19,21). The van der Waals surface area contributed by atoms with Crippen LogP contribution in [-0.2, 0) is 9.53 Å². The first-order valence-electron chi connectivity index (χ1n) is 8.25. The van der Waals surface area contributed by atoms with Crippen LogP contribution in [0.25, 0.3) is 0 Å². The average molecular weight is 313 g/mol. The van der Waals surface area contributed by atoms with Crippen molar-refractivity contribution in [2.24, 2.45) is 11.7 Å². The molecule has 1 atom stereocenters. The van der Waals surface area contributed by atoms with Crippen molar-refractivity contribution in [3.63, 3.8) is 0 Å². The Bertz CT molecular complexity index is 360. The number of ether oxygens (including phenoxy) is 1. The Labute approximate surface area is 133 Å². The summed E-state index contributed by atoms with van der Waals surface area (Å²) in [5.41, 5.74) is 4.62. The highest BCUT2D eigenvalue weighted by Crippen LogP contribution is 2.27. The zero-order valence-corrected chi connectivity index (χ0v) is 14.1. The fraction of sp³-hybridized carbons (Fsp3) is 0.875. The molecule has 0 saturated heterocycles. The van der Waals surface area contributed by atoms with Gasteiger partial charge >= 0.3 is 6.09 Å². The zero-order chi connectivity index (χ0) is 16.6. The molecule has 1 aliphatic carbocycles. The second-order valence-corrected chi connectivity index (χ2v) is 7.18. The summed E-state index contributed by atoms with van der Waals surface area (Å²) in [6.07, 6.45) is 6.75. The molecule has 0 radical (unpaired) electrons. The van der Waals surface area contributed by atoms with Crippen LogP contribution in [0.1, 0.15) is 59.3 Å². The fourth-order valence-electron chi connectivity index (χ4n) is 2.86. The highest BCUT2D eigenvalue weighted by molar-refractivity contribution is 5.75. The van der Waals surface area contributed by atoms with Crippen molar-refractivity contribution in [3.8, 4) is 0 Å². The largest absolute Gasteiger partial charge is 0.444 e. The first-order valence-corrected chi connectivity index (χ1v) is 8.25. The third-order valence-corrected chi connectivity index (χ3v) is 3.75. The van der Waals surface area contributed by atoms with Crippen molar-refractivity contribution in [2.75, 3.05) is 13.1 Å². The SMILES string of the molecule is CC(C)(C)OC(=O)NC(CNCC(N)=O)CC1CCCCC1. The Hall–Kier alpha value is -1.30. The summed E-state index contributed by atoms with van der Waals surface area (Å²) in [5.74, 6) is 0.234. The second kappa shape index (κ2) is 8.98. The Morgan fingerprint density at radius 3 is 2.41 bits per heavy atom. The van der Waals surface area contributed by atoms with Gasteiger partial charge in [0.2, 0.25) is 5.91 Å². The predicted molar refractivity (Wildman–Crippen MR) is 86.4 cm³/mol. The normalized spacial score (nSPS) is 17.8. The second-order valence-electron chi connectivity index (χ2n) is 7.18. The minimum atomic E-state index is -0.514. The lowest BCUT2D eigenvalue weighted by molar-refractivity contribution is -0.117. The molecule has 0 aromatic heterocycles. The third-order valence-electron chi connectivity index (χ3n) is 3.75. The van der Waals surface area contributed by atoms with E-state index in [1.165, 1.54) is 32.1 Å². The number of carbonyl (C=O) groups excluding carboxylic acids is 2. The van der Waals surface area contributed by atoms with E-state index in [1.807, 2.05) is 20.8 Å². The van der Waals surface area contributed by atoms with Crippen LogP contribution in [-0.4, -0.2) is 36.7 Å². The lowest BCUT2D eigenvalue weighted by Gasteiger charge is -2.28. The van der Waals surface area contributed by atoms with Crippen LogP contribution in [0.15, 0.2) is 0 Å². The number of hydrogen-bond donors (Lipinski definition) is 3. The van der Waals surface area contributed by atoms with Crippen molar-refractivity contribution in [1.29, 1.82) is 0 Å². The van der Waals surface area contributed by atoms with Crippen LogP contribution < -0.4 is 16.4 Å². The summed E-state index contributed by atoms with van der Waals surface area (Å²) >= 11 is 0. The van der Waals surface area contributed by atoms with E-state index in [1.54, 1.807) is 0 Å². The van der Waals surface area contributed by atoms with E-state index in [2.05, 4.69) is 10.6 Å². The van der Waals surface area contributed by atoms with Crippen LogP contribution in [0, 0.1) is 5.92 Å². The summed E-state index contributed by atoms with van der Waals surface area (Å²) in [4.78, 5) is 22.8. The molecule has 128 valence electrons. The first-order chi connectivity index (χ1) is 10.3. The quantitative estimate of drug-likeness (QED) is 0.669. The van der Waals surface area contributed by atoms with Gasteiger partial charge in [0, 0.05) is 12.6 Å². The predicted octanol–water partition coefficient (Wildman–Crippen LogP) is 1.92. The molecule has 0 bridgehead atoms. The molecule has 0 aromatic carbocycles. The van der Waals surface area contributed by atoms with E-state index < -0.39 is 17.6 Å². The molecule has 0 aliphatic heterocycles. The van der Waals surface area contributed by atoms with Gasteiger partial charge in [-0.3, -0.25) is 4.79 Å². The van der Waals surface area contributed by atoms with E-state index in [0.29, 0.717) is 12.5 Å². The van der Waals surface area contributed by atoms with Crippen molar-refractivity contribution >= 4 is 12.0 Å². The van der Waals surface area contributed by atoms with Gasteiger partial charge in [-0.15, -0.1) is 0 Å². The fourth-order valence-corrected chi connectivity index (χ4v) is 2.86. The molecular formula is C16H31N3O3.